The van der Waals surface area contributed by atoms with Crippen LogP contribution in [0.1, 0.15) is 39.0 Å². The standard InChI is InChI=1S/C31H28F5N5O5/c1-15(38-20(43)14-46-27-24(35)22(33)21(32)23(34)25(27)36)29(44)40-28-30(45)41(13-19(42)31(2,3)4)18-11-6-5-9-16(18)26(39-28)17-10-7-8-12-37-17/h5-12,15,28H,13-14H2,1-4H3,(H,38,43)(H,40,44)/t15-,28?/m0/s1. The molecular formula is C31H28F5N5O5. The number of fused-ring (bicyclic) bond motifs is 1. The Labute approximate surface area is 259 Å². The number of Topliss-reactive ketones (excluding diaryl/α,β-unsaturated/α-hetero) is 1. The molecule has 3 amide bonds. The second kappa shape index (κ2) is 13.4. The number of hydrogen-bond acceptors (Lipinski definition) is 7. The molecule has 4 rings (SSSR count). The number of carbonyl (C=O) groups excluding carboxylic acids is 4. The Morgan fingerprint density at radius 2 is 1.54 bits per heavy atom. The van der Waals surface area contributed by atoms with Crippen LogP contribution < -0.4 is 20.3 Å². The number of amides is 3. The van der Waals surface area contributed by atoms with Gasteiger partial charge in [0.25, 0.3) is 11.8 Å². The molecule has 2 heterocycles. The van der Waals surface area contributed by atoms with E-state index >= 15 is 0 Å². The number of ether oxygens (including phenoxy) is 1. The SMILES string of the molecule is C[C@H](NC(=O)COc1c(F)c(F)c(F)c(F)c1F)C(=O)NC1N=C(c2ccccn2)c2ccccc2N(CC(=O)C(C)(C)C)C1=O. The highest BCUT2D eigenvalue weighted by molar-refractivity contribution is 6.20. The molecule has 1 aliphatic heterocycles. The van der Waals surface area contributed by atoms with Crippen molar-refractivity contribution in [1.82, 2.24) is 15.6 Å². The summed E-state index contributed by atoms with van der Waals surface area (Å²) in [6.45, 7) is 4.71. The molecule has 2 N–H and O–H groups in total. The van der Waals surface area contributed by atoms with Crippen LogP contribution in [-0.2, 0) is 19.2 Å². The average Bonchev–Trinajstić information content (AvgIpc) is 3.13. The van der Waals surface area contributed by atoms with E-state index in [2.05, 4.69) is 25.3 Å². The van der Waals surface area contributed by atoms with Gasteiger partial charge in [-0.05, 0) is 25.1 Å². The number of para-hydroxylation sites is 1. The number of benzodiazepines with no additional fused rings is 1. The Bertz CT molecular complexity index is 1700. The summed E-state index contributed by atoms with van der Waals surface area (Å²) in [5.41, 5.74) is 0.576. The van der Waals surface area contributed by atoms with E-state index < -0.39 is 76.8 Å². The van der Waals surface area contributed by atoms with Crippen LogP contribution >= 0.6 is 0 Å². The van der Waals surface area contributed by atoms with Crippen LogP contribution in [0.15, 0.2) is 53.7 Å². The Morgan fingerprint density at radius 1 is 0.935 bits per heavy atom. The molecule has 242 valence electrons. The second-order valence-corrected chi connectivity index (χ2v) is 11.2. The summed E-state index contributed by atoms with van der Waals surface area (Å²) in [7, 11) is 0. The number of nitrogens with one attached hydrogen (secondary N) is 2. The molecule has 0 bridgehead atoms. The monoisotopic (exact) mass is 645 g/mol. The fourth-order valence-corrected chi connectivity index (χ4v) is 4.23. The van der Waals surface area contributed by atoms with E-state index in [0.717, 1.165) is 0 Å². The maximum Gasteiger partial charge on any atom is 0.272 e. The second-order valence-electron chi connectivity index (χ2n) is 11.2. The van der Waals surface area contributed by atoms with Crippen molar-refractivity contribution in [2.24, 2.45) is 10.4 Å². The predicted molar refractivity (Wildman–Crippen MR) is 154 cm³/mol. The Morgan fingerprint density at radius 3 is 2.15 bits per heavy atom. The third kappa shape index (κ3) is 7.03. The number of halogens is 5. The molecule has 2 atom stereocenters. The lowest BCUT2D eigenvalue weighted by molar-refractivity contribution is -0.132. The minimum atomic E-state index is -2.40. The summed E-state index contributed by atoms with van der Waals surface area (Å²) in [6.07, 6.45) is -0.0954. The molecular weight excluding hydrogens is 617 g/mol. The number of hydrogen-bond donors (Lipinski definition) is 2. The number of anilines is 1. The Balaban J connectivity index is 1.58. The lowest BCUT2D eigenvalue weighted by Crippen LogP contribution is -2.54. The van der Waals surface area contributed by atoms with E-state index in [-0.39, 0.29) is 18.0 Å². The number of ketones is 1. The quantitative estimate of drug-likeness (QED) is 0.208. The van der Waals surface area contributed by atoms with Gasteiger partial charge in [0.2, 0.25) is 41.2 Å². The van der Waals surface area contributed by atoms with Gasteiger partial charge >= 0.3 is 0 Å². The van der Waals surface area contributed by atoms with Crippen molar-refractivity contribution >= 4 is 34.9 Å². The molecule has 1 aromatic heterocycles. The first-order valence-electron chi connectivity index (χ1n) is 13.8. The maximum absolute atomic E-state index is 13.9. The third-order valence-electron chi connectivity index (χ3n) is 6.82. The van der Waals surface area contributed by atoms with Crippen molar-refractivity contribution in [2.45, 2.75) is 39.9 Å². The molecule has 0 aliphatic carbocycles. The lowest BCUT2D eigenvalue weighted by Gasteiger charge is -2.28. The highest BCUT2D eigenvalue weighted by Crippen LogP contribution is 2.30. The molecule has 46 heavy (non-hydrogen) atoms. The molecule has 2 aromatic carbocycles. The number of benzene rings is 2. The molecule has 10 nitrogen and oxygen atoms in total. The summed E-state index contributed by atoms with van der Waals surface area (Å²) in [6, 6.07) is 10.3. The smallest absolute Gasteiger partial charge is 0.272 e. The molecule has 0 spiro atoms. The van der Waals surface area contributed by atoms with E-state index in [9.17, 15) is 41.1 Å². The zero-order chi connectivity index (χ0) is 33.9. The number of rotatable bonds is 9. The largest absolute Gasteiger partial charge is 0.477 e. The normalized spacial score (nSPS) is 15.3. The molecule has 0 saturated carbocycles. The molecule has 0 radical (unpaired) electrons. The molecule has 0 fully saturated rings. The summed E-state index contributed by atoms with van der Waals surface area (Å²) in [4.78, 5) is 62.6. The van der Waals surface area contributed by atoms with Crippen molar-refractivity contribution in [2.75, 3.05) is 18.1 Å². The summed E-state index contributed by atoms with van der Waals surface area (Å²) < 4.78 is 72.5. The van der Waals surface area contributed by atoms with Crippen LogP contribution in [0.25, 0.3) is 0 Å². The van der Waals surface area contributed by atoms with Crippen LogP contribution in [0.3, 0.4) is 0 Å². The van der Waals surface area contributed by atoms with Crippen molar-refractivity contribution < 1.29 is 45.9 Å². The van der Waals surface area contributed by atoms with Gasteiger partial charge in [0.1, 0.15) is 6.04 Å². The van der Waals surface area contributed by atoms with E-state index in [4.69, 9.17) is 0 Å². The van der Waals surface area contributed by atoms with Gasteiger partial charge < -0.3 is 20.3 Å². The number of carbonyl (C=O) groups is 4. The van der Waals surface area contributed by atoms with Gasteiger partial charge in [-0.1, -0.05) is 45.0 Å². The van der Waals surface area contributed by atoms with Crippen LogP contribution in [-0.4, -0.2) is 59.6 Å². The van der Waals surface area contributed by atoms with Crippen molar-refractivity contribution in [3.05, 3.63) is 89.0 Å². The molecule has 1 aliphatic rings. The van der Waals surface area contributed by atoms with E-state index in [1.165, 1.54) is 18.0 Å². The van der Waals surface area contributed by atoms with Crippen molar-refractivity contribution in [3.8, 4) is 5.75 Å². The fourth-order valence-electron chi connectivity index (χ4n) is 4.23. The van der Waals surface area contributed by atoms with Gasteiger partial charge in [0, 0.05) is 17.2 Å². The summed E-state index contributed by atoms with van der Waals surface area (Å²) >= 11 is 0. The van der Waals surface area contributed by atoms with Gasteiger partial charge in [-0.25, -0.2) is 18.2 Å². The van der Waals surface area contributed by atoms with Crippen LogP contribution in [0.2, 0.25) is 0 Å². The highest BCUT2D eigenvalue weighted by Gasteiger charge is 2.37. The lowest BCUT2D eigenvalue weighted by atomic mass is 9.90. The molecule has 15 heteroatoms. The number of aromatic nitrogens is 1. The highest BCUT2D eigenvalue weighted by atomic mass is 19.2. The van der Waals surface area contributed by atoms with Gasteiger partial charge in [-0.3, -0.25) is 24.2 Å². The number of nitrogens with zero attached hydrogens (tertiary/aromatic N) is 3. The van der Waals surface area contributed by atoms with Gasteiger partial charge in [0.15, 0.2) is 18.1 Å². The first kappa shape index (κ1) is 33.7. The first-order valence-corrected chi connectivity index (χ1v) is 13.8. The van der Waals surface area contributed by atoms with Gasteiger partial charge in [-0.2, -0.15) is 8.78 Å². The Kier molecular flexibility index (Phi) is 9.83. The van der Waals surface area contributed by atoms with E-state index in [1.54, 1.807) is 63.2 Å². The van der Waals surface area contributed by atoms with Crippen molar-refractivity contribution in [3.63, 3.8) is 0 Å². The fraction of sp³-hybridized carbons (Fsp3) is 0.290. The van der Waals surface area contributed by atoms with Crippen LogP contribution in [0.4, 0.5) is 27.6 Å². The topological polar surface area (TPSA) is 130 Å². The average molecular weight is 646 g/mol. The van der Waals surface area contributed by atoms with E-state index in [0.29, 0.717) is 16.9 Å². The minimum absolute atomic E-state index is 0.230. The zero-order valence-electron chi connectivity index (χ0n) is 25.0. The number of pyridine rings is 1. The third-order valence-corrected chi connectivity index (χ3v) is 6.82. The molecule has 3 aromatic rings. The molecule has 0 saturated heterocycles. The summed E-state index contributed by atoms with van der Waals surface area (Å²) in [5.74, 6) is -16.3. The maximum atomic E-state index is 13.9. The zero-order valence-corrected chi connectivity index (χ0v) is 25.0. The predicted octanol–water partition coefficient (Wildman–Crippen LogP) is 3.60. The van der Waals surface area contributed by atoms with Crippen LogP contribution in [0, 0.1) is 34.5 Å². The van der Waals surface area contributed by atoms with E-state index in [1.807, 2.05) is 0 Å². The summed E-state index contributed by atoms with van der Waals surface area (Å²) in [5, 5.41) is 4.58. The first-order chi connectivity index (χ1) is 21.6. The Hall–Kier alpha value is -5.21. The van der Waals surface area contributed by atoms with Gasteiger partial charge in [-0.15, -0.1) is 0 Å². The minimum Gasteiger partial charge on any atom is -0.477 e. The van der Waals surface area contributed by atoms with Crippen molar-refractivity contribution in [1.29, 1.82) is 0 Å². The number of aliphatic imine (C=N–C) groups is 1. The van der Waals surface area contributed by atoms with Crippen LogP contribution in [0.5, 0.6) is 5.75 Å². The molecule has 1 unspecified atom stereocenters. The van der Waals surface area contributed by atoms with Gasteiger partial charge in [0.05, 0.1) is 23.6 Å².